The third-order valence-corrected chi connectivity index (χ3v) is 5.32. The van der Waals surface area contributed by atoms with Crippen LogP contribution in [-0.2, 0) is 11.3 Å². The maximum absolute atomic E-state index is 5.48. The normalized spacial score (nSPS) is 16.2. The highest BCUT2D eigenvalue weighted by Gasteiger charge is 2.16. The topological polar surface area (TPSA) is 65.0 Å². The van der Waals surface area contributed by atoms with E-state index in [1.807, 2.05) is 12.3 Å². The Balaban J connectivity index is 1.93. The van der Waals surface area contributed by atoms with Crippen LogP contribution in [0.5, 0.6) is 0 Å². The number of hydrogen-bond acceptors (Lipinski definition) is 5. The van der Waals surface area contributed by atoms with Gasteiger partial charge in [-0.2, -0.15) is 0 Å². The van der Waals surface area contributed by atoms with Crippen LogP contribution in [0.15, 0.2) is 23.3 Å². The maximum atomic E-state index is 5.48. The van der Waals surface area contributed by atoms with Crippen molar-refractivity contribution >= 4 is 11.8 Å². The van der Waals surface area contributed by atoms with Crippen molar-refractivity contribution in [2.24, 2.45) is 4.99 Å². The first-order valence-corrected chi connectivity index (χ1v) is 11.2. The van der Waals surface area contributed by atoms with Crippen LogP contribution in [-0.4, -0.2) is 74.4 Å². The second kappa shape index (κ2) is 13.4. The van der Waals surface area contributed by atoms with E-state index < -0.39 is 0 Å². The zero-order chi connectivity index (χ0) is 20.9. The summed E-state index contributed by atoms with van der Waals surface area (Å²) in [7, 11) is 0. The number of ether oxygens (including phenoxy) is 1. The molecule has 1 aromatic rings. The summed E-state index contributed by atoms with van der Waals surface area (Å²) in [4.78, 5) is 14.2. The predicted molar refractivity (Wildman–Crippen MR) is 122 cm³/mol. The van der Waals surface area contributed by atoms with Crippen LogP contribution in [0, 0.1) is 0 Å². The number of anilines is 1. The standard InChI is InChI=1S/C22H40N6O/c1-5-23-22(26-19(4)10-9-13-27(6-2)7-3)25-18-20-11-8-12-24-21(20)28-14-16-29-17-15-28/h8,11-12,19H,5-7,9-10,13-18H2,1-4H3,(H2,23,25,26). The molecule has 1 saturated heterocycles. The molecule has 29 heavy (non-hydrogen) atoms. The van der Waals surface area contributed by atoms with E-state index >= 15 is 0 Å². The van der Waals surface area contributed by atoms with E-state index in [1.54, 1.807) is 0 Å². The molecule has 1 aliphatic heterocycles. The highest BCUT2D eigenvalue weighted by Crippen LogP contribution is 2.19. The average Bonchev–Trinajstić information content (AvgIpc) is 2.76. The number of nitrogens with one attached hydrogen (secondary N) is 2. The van der Waals surface area contributed by atoms with Gasteiger partial charge in [-0.1, -0.05) is 19.9 Å². The van der Waals surface area contributed by atoms with Crippen molar-refractivity contribution in [2.75, 3.05) is 57.4 Å². The zero-order valence-corrected chi connectivity index (χ0v) is 18.8. The van der Waals surface area contributed by atoms with Crippen molar-refractivity contribution < 1.29 is 4.74 Å². The fraction of sp³-hybridized carbons (Fsp3) is 0.727. The van der Waals surface area contributed by atoms with E-state index in [4.69, 9.17) is 9.73 Å². The van der Waals surface area contributed by atoms with Gasteiger partial charge in [0.25, 0.3) is 0 Å². The quantitative estimate of drug-likeness (QED) is 0.436. The number of aromatic nitrogens is 1. The molecule has 0 spiro atoms. The molecular weight excluding hydrogens is 364 g/mol. The monoisotopic (exact) mass is 404 g/mol. The molecule has 1 fully saturated rings. The molecule has 0 radical (unpaired) electrons. The second-order valence-corrected chi connectivity index (χ2v) is 7.50. The largest absolute Gasteiger partial charge is 0.378 e. The van der Waals surface area contributed by atoms with Gasteiger partial charge in [0.05, 0.1) is 19.8 Å². The molecule has 1 aliphatic rings. The highest BCUT2D eigenvalue weighted by molar-refractivity contribution is 5.80. The van der Waals surface area contributed by atoms with Crippen molar-refractivity contribution in [3.05, 3.63) is 23.9 Å². The van der Waals surface area contributed by atoms with Gasteiger partial charge in [-0.25, -0.2) is 9.98 Å². The van der Waals surface area contributed by atoms with Gasteiger partial charge >= 0.3 is 0 Å². The third kappa shape index (κ3) is 8.19. The summed E-state index contributed by atoms with van der Waals surface area (Å²) in [5.41, 5.74) is 1.15. The van der Waals surface area contributed by atoms with Gasteiger partial charge in [-0.15, -0.1) is 0 Å². The number of morpholine rings is 1. The first-order chi connectivity index (χ1) is 14.2. The van der Waals surface area contributed by atoms with Gasteiger partial charge in [0, 0.05) is 37.4 Å². The minimum Gasteiger partial charge on any atom is -0.378 e. The van der Waals surface area contributed by atoms with Gasteiger partial charge in [-0.05, 0) is 52.4 Å². The van der Waals surface area contributed by atoms with Crippen LogP contribution in [0.1, 0.15) is 46.1 Å². The summed E-state index contributed by atoms with van der Waals surface area (Å²) in [6, 6.07) is 4.50. The van der Waals surface area contributed by atoms with Crippen molar-refractivity contribution in [1.29, 1.82) is 0 Å². The van der Waals surface area contributed by atoms with Gasteiger partial charge in [-0.3, -0.25) is 0 Å². The summed E-state index contributed by atoms with van der Waals surface area (Å²) in [6.07, 6.45) is 4.19. The van der Waals surface area contributed by atoms with Crippen molar-refractivity contribution in [3.8, 4) is 0 Å². The maximum Gasteiger partial charge on any atom is 0.191 e. The molecule has 2 rings (SSSR count). The number of guanidine groups is 1. The molecule has 2 N–H and O–H groups in total. The molecule has 0 saturated carbocycles. The number of nitrogens with zero attached hydrogens (tertiary/aromatic N) is 4. The molecule has 0 aromatic carbocycles. The minimum atomic E-state index is 0.385. The second-order valence-electron chi connectivity index (χ2n) is 7.50. The van der Waals surface area contributed by atoms with E-state index in [9.17, 15) is 0 Å². The molecule has 0 bridgehead atoms. The average molecular weight is 405 g/mol. The molecular formula is C22H40N6O. The zero-order valence-electron chi connectivity index (χ0n) is 18.8. The summed E-state index contributed by atoms with van der Waals surface area (Å²) in [5, 5.41) is 6.94. The number of rotatable bonds is 11. The lowest BCUT2D eigenvalue weighted by atomic mass is 10.2. The van der Waals surface area contributed by atoms with Crippen molar-refractivity contribution in [2.45, 2.75) is 53.1 Å². The fourth-order valence-corrected chi connectivity index (χ4v) is 3.56. The smallest absolute Gasteiger partial charge is 0.191 e. The summed E-state index contributed by atoms with van der Waals surface area (Å²) in [6.45, 7) is 16.9. The Labute approximate surface area is 176 Å². The minimum absolute atomic E-state index is 0.385. The lowest BCUT2D eigenvalue weighted by Crippen LogP contribution is -2.42. The lowest BCUT2D eigenvalue weighted by Gasteiger charge is -2.29. The van der Waals surface area contributed by atoms with Crippen molar-refractivity contribution in [3.63, 3.8) is 0 Å². The number of hydrogen-bond donors (Lipinski definition) is 2. The Morgan fingerprint density at radius 1 is 1.28 bits per heavy atom. The molecule has 7 heteroatoms. The Bertz CT molecular complexity index is 599. The fourth-order valence-electron chi connectivity index (χ4n) is 3.56. The van der Waals surface area contributed by atoms with Gasteiger partial charge < -0.3 is 25.2 Å². The molecule has 2 heterocycles. The Morgan fingerprint density at radius 3 is 2.72 bits per heavy atom. The van der Waals surface area contributed by atoms with Gasteiger partial charge in [0.15, 0.2) is 5.96 Å². The summed E-state index contributed by atoms with van der Waals surface area (Å²) in [5.74, 6) is 1.90. The lowest BCUT2D eigenvalue weighted by molar-refractivity contribution is 0.122. The number of pyridine rings is 1. The predicted octanol–water partition coefficient (Wildman–Crippen LogP) is 2.48. The molecule has 0 amide bonds. The molecule has 7 nitrogen and oxygen atoms in total. The van der Waals surface area contributed by atoms with E-state index in [2.05, 4.69) is 59.2 Å². The van der Waals surface area contributed by atoms with Gasteiger partial charge in [0.1, 0.15) is 5.82 Å². The molecule has 0 aliphatic carbocycles. The first kappa shape index (κ1) is 23.4. The van der Waals surface area contributed by atoms with E-state index in [-0.39, 0.29) is 0 Å². The van der Waals surface area contributed by atoms with Crippen molar-refractivity contribution in [1.82, 2.24) is 20.5 Å². The van der Waals surface area contributed by atoms with E-state index in [1.165, 1.54) is 6.42 Å². The van der Waals surface area contributed by atoms with Crippen LogP contribution in [0.4, 0.5) is 5.82 Å². The summed E-state index contributed by atoms with van der Waals surface area (Å²) < 4.78 is 5.48. The third-order valence-electron chi connectivity index (χ3n) is 5.32. The van der Waals surface area contributed by atoms with Crippen LogP contribution in [0.3, 0.4) is 0 Å². The van der Waals surface area contributed by atoms with Crippen LogP contribution in [0.25, 0.3) is 0 Å². The van der Waals surface area contributed by atoms with Crippen LogP contribution >= 0.6 is 0 Å². The summed E-state index contributed by atoms with van der Waals surface area (Å²) >= 11 is 0. The van der Waals surface area contributed by atoms with E-state index in [0.29, 0.717) is 12.6 Å². The molecule has 1 unspecified atom stereocenters. The van der Waals surface area contributed by atoms with Crippen LogP contribution in [0.2, 0.25) is 0 Å². The van der Waals surface area contributed by atoms with Crippen LogP contribution < -0.4 is 15.5 Å². The molecule has 1 atom stereocenters. The first-order valence-electron chi connectivity index (χ1n) is 11.2. The Hall–Kier alpha value is -1.86. The molecule has 1 aromatic heterocycles. The highest BCUT2D eigenvalue weighted by atomic mass is 16.5. The van der Waals surface area contributed by atoms with Gasteiger partial charge in [0.2, 0.25) is 0 Å². The Kier molecular flexibility index (Phi) is 10.8. The SMILES string of the molecule is CCNC(=NCc1cccnc1N1CCOCC1)NC(C)CCCN(CC)CC. The number of aliphatic imine (C=N–C) groups is 1. The Morgan fingerprint density at radius 2 is 2.03 bits per heavy atom. The van der Waals surface area contributed by atoms with E-state index in [0.717, 1.165) is 76.2 Å². The molecule has 164 valence electrons.